The maximum absolute atomic E-state index is 5.79. The zero-order chi connectivity index (χ0) is 14.0. The van der Waals surface area contributed by atoms with E-state index in [0.717, 1.165) is 21.4 Å². The zero-order valence-corrected chi connectivity index (χ0v) is 13.2. The van der Waals surface area contributed by atoms with Gasteiger partial charge in [0.15, 0.2) is 0 Å². The molecule has 0 atom stereocenters. The molecule has 0 aliphatic heterocycles. The highest BCUT2D eigenvalue weighted by Crippen LogP contribution is 2.28. The van der Waals surface area contributed by atoms with Gasteiger partial charge < -0.3 is 11.1 Å². The molecule has 0 saturated carbocycles. The van der Waals surface area contributed by atoms with Gasteiger partial charge in [0.2, 0.25) is 0 Å². The Morgan fingerprint density at radius 3 is 2.37 bits per heavy atom. The van der Waals surface area contributed by atoms with E-state index in [4.69, 9.17) is 18.0 Å². The Morgan fingerprint density at radius 1 is 1.16 bits per heavy atom. The Balaban J connectivity index is 2.43. The highest BCUT2D eigenvalue weighted by atomic mass is 79.9. The van der Waals surface area contributed by atoms with Crippen LogP contribution >= 0.6 is 28.1 Å². The van der Waals surface area contributed by atoms with E-state index in [1.54, 1.807) is 0 Å². The van der Waals surface area contributed by atoms with Crippen molar-refractivity contribution < 1.29 is 0 Å². The molecule has 0 fully saturated rings. The molecule has 2 aromatic carbocycles. The van der Waals surface area contributed by atoms with Crippen molar-refractivity contribution >= 4 is 44.5 Å². The van der Waals surface area contributed by atoms with Gasteiger partial charge in [-0.3, -0.25) is 0 Å². The number of nitrogens with two attached hydrogens (primary N) is 1. The molecular weight excluding hydrogens is 320 g/mol. The molecule has 98 valence electrons. The fourth-order valence-electron chi connectivity index (χ4n) is 2.08. The summed E-state index contributed by atoms with van der Waals surface area (Å²) in [4.78, 5) is 0.374. The lowest BCUT2D eigenvalue weighted by Gasteiger charge is -2.13. The number of rotatable bonds is 3. The fraction of sp³-hybridized carbons (Fsp3) is 0.133. The van der Waals surface area contributed by atoms with E-state index < -0.39 is 0 Å². The second kappa shape index (κ2) is 5.72. The first-order valence-corrected chi connectivity index (χ1v) is 7.11. The Morgan fingerprint density at radius 2 is 1.79 bits per heavy atom. The van der Waals surface area contributed by atoms with Crippen molar-refractivity contribution in [1.82, 2.24) is 0 Å². The lowest BCUT2D eigenvalue weighted by Crippen LogP contribution is -2.12. The van der Waals surface area contributed by atoms with Crippen molar-refractivity contribution in [2.75, 3.05) is 5.32 Å². The van der Waals surface area contributed by atoms with E-state index >= 15 is 0 Å². The van der Waals surface area contributed by atoms with Crippen LogP contribution < -0.4 is 11.1 Å². The van der Waals surface area contributed by atoms with Gasteiger partial charge in [-0.2, -0.15) is 0 Å². The van der Waals surface area contributed by atoms with Crippen LogP contribution in [-0.2, 0) is 0 Å². The molecule has 0 aliphatic rings. The summed E-state index contributed by atoms with van der Waals surface area (Å²) in [5, 5.41) is 3.38. The van der Waals surface area contributed by atoms with Gasteiger partial charge in [0.1, 0.15) is 4.99 Å². The highest BCUT2D eigenvalue weighted by molar-refractivity contribution is 9.10. The summed E-state index contributed by atoms with van der Waals surface area (Å²) >= 11 is 8.60. The molecule has 2 rings (SSSR count). The molecule has 2 nitrogen and oxygen atoms in total. The number of anilines is 2. The molecule has 0 amide bonds. The minimum absolute atomic E-state index is 0.374. The van der Waals surface area contributed by atoms with E-state index in [0.29, 0.717) is 4.99 Å². The predicted molar refractivity (Wildman–Crippen MR) is 89.2 cm³/mol. The normalized spacial score (nSPS) is 10.3. The van der Waals surface area contributed by atoms with E-state index in [1.165, 1.54) is 11.1 Å². The fourth-order valence-corrected chi connectivity index (χ4v) is 3.01. The summed E-state index contributed by atoms with van der Waals surface area (Å²) in [6.07, 6.45) is 0. The first-order valence-electron chi connectivity index (χ1n) is 5.91. The van der Waals surface area contributed by atoms with Crippen molar-refractivity contribution in [2.24, 2.45) is 5.73 Å². The number of halogens is 1. The Bertz CT molecular complexity index is 618. The van der Waals surface area contributed by atoms with Crippen molar-refractivity contribution in [2.45, 2.75) is 13.8 Å². The van der Waals surface area contributed by atoms with Gasteiger partial charge in [-0.05, 0) is 65.2 Å². The van der Waals surface area contributed by atoms with Gasteiger partial charge in [-0.15, -0.1) is 0 Å². The summed E-state index contributed by atoms with van der Waals surface area (Å²) in [5.41, 5.74) is 11.0. The minimum Gasteiger partial charge on any atom is -0.389 e. The van der Waals surface area contributed by atoms with Gasteiger partial charge in [-0.25, -0.2) is 0 Å². The lowest BCUT2D eigenvalue weighted by atomic mass is 10.1. The molecule has 0 aliphatic carbocycles. The largest absolute Gasteiger partial charge is 0.389 e. The molecule has 0 radical (unpaired) electrons. The van der Waals surface area contributed by atoms with Crippen LogP contribution in [0.1, 0.15) is 16.7 Å². The third kappa shape index (κ3) is 3.33. The van der Waals surface area contributed by atoms with Gasteiger partial charge in [0.25, 0.3) is 0 Å². The molecule has 3 N–H and O–H groups in total. The average molecular weight is 335 g/mol. The van der Waals surface area contributed by atoms with Gasteiger partial charge >= 0.3 is 0 Å². The average Bonchev–Trinajstić information content (AvgIpc) is 2.26. The SMILES string of the molecule is Cc1cc(C)cc(Nc2cccc(Br)c2C(N)=S)c1. The molecule has 4 heteroatoms. The smallest absolute Gasteiger partial charge is 0.107 e. The van der Waals surface area contributed by atoms with Crippen molar-refractivity contribution in [3.05, 3.63) is 57.6 Å². The summed E-state index contributed by atoms with van der Waals surface area (Å²) in [7, 11) is 0. The Kier molecular flexibility index (Phi) is 4.22. The van der Waals surface area contributed by atoms with E-state index in [9.17, 15) is 0 Å². The second-order valence-electron chi connectivity index (χ2n) is 4.53. The molecule has 0 aromatic heterocycles. The maximum Gasteiger partial charge on any atom is 0.107 e. The summed E-state index contributed by atoms with van der Waals surface area (Å²) in [6, 6.07) is 12.2. The van der Waals surface area contributed by atoms with Gasteiger partial charge in [0, 0.05) is 21.4 Å². The summed E-state index contributed by atoms with van der Waals surface area (Å²) in [6.45, 7) is 4.15. The third-order valence-electron chi connectivity index (χ3n) is 2.76. The minimum atomic E-state index is 0.374. The topological polar surface area (TPSA) is 38.0 Å². The highest BCUT2D eigenvalue weighted by Gasteiger charge is 2.09. The number of nitrogens with one attached hydrogen (secondary N) is 1. The van der Waals surface area contributed by atoms with Crippen LogP contribution in [0.25, 0.3) is 0 Å². The molecule has 0 bridgehead atoms. The molecular formula is C15H15BrN2S. The van der Waals surface area contributed by atoms with E-state index in [-0.39, 0.29) is 0 Å². The Labute approximate surface area is 127 Å². The Hall–Kier alpha value is -1.39. The number of benzene rings is 2. The van der Waals surface area contributed by atoms with Crippen LogP contribution in [0, 0.1) is 13.8 Å². The van der Waals surface area contributed by atoms with Crippen LogP contribution in [0.5, 0.6) is 0 Å². The van der Waals surface area contributed by atoms with Crippen molar-refractivity contribution in [1.29, 1.82) is 0 Å². The van der Waals surface area contributed by atoms with Gasteiger partial charge in [-0.1, -0.05) is 24.4 Å². The van der Waals surface area contributed by atoms with Crippen LogP contribution in [0.4, 0.5) is 11.4 Å². The standard InChI is InChI=1S/C15H15BrN2S/c1-9-6-10(2)8-11(7-9)18-13-5-3-4-12(16)14(13)15(17)19/h3-8,18H,1-2H3,(H2,17,19). The number of hydrogen-bond donors (Lipinski definition) is 2. The molecule has 0 saturated heterocycles. The van der Waals surface area contributed by atoms with Crippen LogP contribution in [0.15, 0.2) is 40.9 Å². The first-order chi connectivity index (χ1) is 8.97. The van der Waals surface area contributed by atoms with Gasteiger partial charge in [0.05, 0.1) is 0 Å². The zero-order valence-electron chi connectivity index (χ0n) is 10.8. The first kappa shape index (κ1) is 14.0. The molecule has 0 unspecified atom stereocenters. The van der Waals surface area contributed by atoms with Crippen LogP contribution in [0.3, 0.4) is 0 Å². The molecule has 0 heterocycles. The van der Waals surface area contributed by atoms with Crippen molar-refractivity contribution in [3.8, 4) is 0 Å². The number of hydrogen-bond acceptors (Lipinski definition) is 2. The second-order valence-corrected chi connectivity index (χ2v) is 5.82. The molecule has 19 heavy (non-hydrogen) atoms. The molecule has 2 aromatic rings. The number of aryl methyl sites for hydroxylation is 2. The number of thiocarbonyl (C=S) groups is 1. The van der Waals surface area contributed by atoms with E-state index in [1.807, 2.05) is 18.2 Å². The summed E-state index contributed by atoms with van der Waals surface area (Å²) < 4.78 is 0.898. The predicted octanol–water partition coefficient (Wildman–Crippen LogP) is 4.44. The van der Waals surface area contributed by atoms with Crippen LogP contribution in [-0.4, -0.2) is 4.99 Å². The maximum atomic E-state index is 5.79. The lowest BCUT2D eigenvalue weighted by molar-refractivity contribution is 1.37. The quantitative estimate of drug-likeness (QED) is 0.814. The monoisotopic (exact) mass is 334 g/mol. The third-order valence-corrected chi connectivity index (χ3v) is 3.63. The van der Waals surface area contributed by atoms with Crippen molar-refractivity contribution in [3.63, 3.8) is 0 Å². The van der Waals surface area contributed by atoms with Crippen LogP contribution in [0.2, 0.25) is 0 Å². The molecule has 0 spiro atoms. The van der Waals surface area contributed by atoms with E-state index in [2.05, 4.69) is 53.3 Å². The summed E-state index contributed by atoms with van der Waals surface area (Å²) in [5.74, 6) is 0.